The third-order valence-corrected chi connectivity index (χ3v) is 4.27. The lowest BCUT2D eigenvalue weighted by Crippen LogP contribution is -2.33. The molecule has 0 saturated heterocycles. The number of carbonyl (C=O) groups excluding carboxylic acids is 1. The van der Waals surface area contributed by atoms with E-state index in [1.54, 1.807) is 6.20 Å². The Bertz CT molecular complexity index is 631. The molecule has 4 heteroatoms. The summed E-state index contributed by atoms with van der Waals surface area (Å²) in [4.78, 5) is 16.3. The van der Waals surface area contributed by atoms with Gasteiger partial charge in [-0.3, -0.25) is 9.78 Å². The number of rotatable bonds is 5. The Morgan fingerprint density at radius 2 is 2.00 bits per heavy atom. The van der Waals surface area contributed by atoms with E-state index in [2.05, 4.69) is 10.3 Å². The van der Waals surface area contributed by atoms with Crippen molar-refractivity contribution < 1.29 is 9.53 Å². The smallest absolute Gasteiger partial charge is 0.257 e. The van der Waals surface area contributed by atoms with Gasteiger partial charge in [0.05, 0.1) is 0 Å². The molecule has 1 aromatic heterocycles. The Kier molecular flexibility index (Phi) is 4.88. The highest BCUT2D eigenvalue weighted by atomic mass is 16.5. The fourth-order valence-electron chi connectivity index (χ4n) is 3.04. The number of amides is 1. The summed E-state index contributed by atoms with van der Waals surface area (Å²) in [6, 6.07) is 9.63. The van der Waals surface area contributed by atoms with Crippen LogP contribution < -0.4 is 10.1 Å². The monoisotopic (exact) mass is 298 g/mol. The molecule has 1 N–H and O–H groups in total. The number of pyridine rings is 1. The van der Waals surface area contributed by atoms with Gasteiger partial charge in [0.15, 0.2) is 6.61 Å². The van der Waals surface area contributed by atoms with Crippen molar-refractivity contribution in [3.8, 4) is 5.75 Å². The molecule has 0 unspecified atom stereocenters. The molecule has 1 aliphatic rings. The molecule has 4 nitrogen and oxygen atoms in total. The minimum atomic E-state index is -0.0569. The second-order valence-electron chi connectivity index (χ2n) is 5.93. The number of benzene rings is 1. The summed E-state index contributed by atoms with van der Waals surface area (Å²) in [5, 5.41) is 4.00. The maximum absolute atomic E-state index is 11.9. The highest BCUT2D eigenvalue weighted by Crippen LogP contribution is 2.23. The van der Waals surface area contributed by atoms with Crippen LogP contribution in [0.15, 0.2) is 36.5 Å². The van der Waals surface area contributed by atoms with Crippen molar-refractivity contribution in [2.45, 2.75) is 32.1 Å². The van der Waals surface area contributed by atoms with E-state index in [4.69, 9.17) is 4.74 Å². The van der Waals surface area contributed by atoms with E-state index in [1.165, 1.54) is 32.1 Å². The van der Waals surface area contributed by atoms with Crippen LogP contribution >= 0.6 is 0 Å². The fourth-order valence-corrected chi connectivity index (χ4v) is 3.04. The molecule has 1 aromatic carbocycles. The largest absolute Gasteiger partial charge is 0.481 e. The van der Waals surface area contributed by atoms with Crippen molar-refractivity contribution >= 4 is 16.8 Å². The lowest BCUT2D eigenvalue weighted by Gasteiger charge is -2.21. The topological polar surface area (TPSA) is 51.2 Å². The molecule has 0 atom stereocenters. The van der Waals surface area contributed by atoms with Crippen LogP contribution in [-0.2, 0) is 4.79 Å². The lowest BCUT2D eigenvalue weighted by molar-refractivity contribution is -0.123. The number of para-hydroxylation sites is 1. The maximum Gasteiger partial charge on any atom is 0.257 e. The van der Waals surface area contributed by atoms with E-state index in [1.807, 2.05) is 30.3 Å². The van der Waals surface area contributed by atoms with Crippen LogP contribution in [0.3, 0.4) is 0 Å². The first-order valence-corrected chi connectivity index (χ1v) is 8.06. The Balaban J connectivity index is 1.51. The molecule has 22 heavy (non-hydrogen) atoms. The van der Waals surface area contributed by atoms with Gasteiger partial charge in [0.1, 0.15) is 11.3 Å². The number of nitrogens with one attached hydrogen (secondary N) is 1. The molecule has 0 spiro atoms. The van der Waals surface area contributed by atoms with Crippen LogP contribution in [0.1, 0.15) is 32.1 Å². The number of carbonyl (C=O) groups is 1. The first-order chi connectivity index (χ1) is 10.8. The molecule has 1 amide bonds. The molecule has 1 saturated carbocycles. The number of aromatic nitrogens is 1. The van der Waals surface area contributed by atoms with Crippen LogP contribution in [0.2, 0.25) is 0 Å². The highest BCUT2D eigenvalue weighted by molar-refractivity contribution is 5.85. The van der Waals surface area contributed by atoms with E-state index >= 15 is 0 Å². The normalized spacial score (nSPS) is 15.6. The van der Waals surface area contributed by atoms with Crippen LogP contribution in [0.4, 0.5) is 0 Å². The Labute approximate surface area is 130 Å². The van der Waals surface area contributed by atoms with Gasteiger partial charge in [0.2, 0.25) is 0 Å². The lowest BCUT2D eigenvalue weighted by atomic mass is 9.89. The molecule has 116 valence electrons. The summed E-state index contributed by atoms with van der Waals surface area (Å²) in [5.74, 6) is 1.24. The Hall–Kier alpha value is -2.10. The van der Waals surface area contributed by atoms with E-state index in [9.17, 15) is 4.79 Å². The van der Waals surface area contributed by atoms with Gasteiger partial charge < -0.3 is 10.1 Å². The molecule has 1 aliphatic carbocycles. The van der Waals surface area contributed by atoms with Gasteiger partial charge in [-0.15, -0.1) is 0 Å². The van der Waals surface area contributed by atoms with E-state index < -0.39 is 0 Å². The summed E-state index contributed by atoms with van der Waals surface area (Å²) in [6.45, 7) is 0.818. The molecule has 1 heterocycles. The molecule has 3 rings (SSSR count). The van der Waals surface area contributed by atoms with Crippen molar-refractivity contribution in [2.24, 2.45) is 5.92 Å². The highest BCUT2D eigenvalue weighted by Gasteiger charge is 2.14. The van der Waals surface area contributed by atoms with Crippen molar-refractivity contribution in [1.29, 1.82) is 0 Å². The minimum absolute atomic E-state index is 0.0441. The van der Waals surface area contributed by atoms with Crippen LogP contribution in [0.5, 0.6) is 5.75 Å². The van der Waals surface area contributed by atoms with Gasteiger partial charge in [-0.2, -0.15) is 0 Å². The third-order valence-electron chi connectivity index (χ3n) is 4.27. The van der Waals surface area contributed by atoms with E-state index in [0.29, 0.717) is 11.7 Å². The summed E-state index contributed by atoms with van der Waals surface area (Å²) in [6.07, 6.45) is 8.11. The zero-order valence-corrected chi connectivity index (χ0v) is 12.8. The summed E-state index contributed by atoms with van der Waals surface area (Å²) in [7, 11) is 0. The van der Waals surface area contributed by atoms with Crippen molar-refractivity contribution in [3.63, 3.8) is 0 Å². The van der Waals surface area contributed by atoms with Crippen LogP contribution in [0, 0.1) is 5.92 Å². The van der Waals surface area contributed by atoms with Crippen molar-refractivity contribution in [1.82, 2.24) is 10.3 Å². The van der Waals surface area contributed by atoms with Crippen LogP contribution in [-0.4, -0.2) is 24.0 Å². The Morgan fingerprint density at radius 1 is 1.18 bits per heavy atom. The first kappa shape index (κ1) is 14.8. The van der Waals surface area contributed by atoms with Gasteiger partial charge in [0.25, 0.3) is 5.91 Å². The van der Waals surface area contributed by atoms with E-state index in [-0.39, 0.29) is 12.5 Å². The molecule has 0 bridgehead atoms. The van der Waals surface area contributed by atoms with Crippen molar-refractivity contribution in [3.05, 3.63) is 36.5 Å². The zero-order valence-electron chi connectivity index (χ0n) is 12.8. The number of hydrogen-bond acceptors (Lipinski definition) is 3. The summed E-state index contributed by atoms with van der Waals surface area (Å²) >= 11 is 0. The molecule has 1 fully saturated rings. The Morgan fingerprint density at radius 3 is 2.86 bits per heavy atom. The SMILES string of the molecule is O=C(COc1cccc2cccnc12)NCC1CCCCC1. The van der Waals surface area contributed by atoms with Crippen LogP contribution in [0.25, 0.3) is 10.9 Å². The molecule has 0 radical (unpaired) electrons. The number of hydrogen-bond donors (Lipinski definition) is 1. The standard InChI is InChI=1S/C18H22N2O2/c21-17(20-12-14-6-2-1-3-7-14)13-22-16-10-4-8-15-9-5-11-19-18(15)16/h4-5,8-11,14H,1-3,6-7,12-13H2,(H,20,21). The van der Waals surface area contributed by atoms with Gasteiger partial charge in [0, 0.05) is 18.1 Å². The number of fused-ring (bicyclic) bond motifs is 1. The minimum Gasteiger partial charge on any atom is -0.481 e. The van der Waals surface area contributed by atoms with Gasteiger partial charge in [-0.05, 0) is 30.9 Å². The summed E-state index contributed by atoms with van der Waals surface area (Å²) < 4.78 is 5.65. The molecular weight excluding hydrogens is 276 g/mol. The number of ether oxygens (including phenoxy) is 1. The average Bonchev–Trinajstić information content (AvgIpc) is 2.59. The zero-order chi connectivity index (χ0) is 15.2. The number of nitrogens with zero attached hydrogens (tertiary/aromatic N) is 1. The van der Waals surface area contributed by atoms with Gasteiger partial charge in [-0.25, -0.2) is 0 Å². The molecule has 2 aromatic rings. The maximum atomic E-state index is 11.9. The molecule has 0 aliphatic heterocycles. The fraction of sp³-hybridized carbons (Fsp3) is 0.444. The predicted molar refractivity (Wildman–Crippen MR) is 86.8 cm³/mol. The van der Waals surface area contributed by atoms with Gasteiger partial charge in [-0.1, -0.05) is 37.5 Å². The quantitative estimate of drug-likeness (QED) is 0.921. The second kappa shape index (κ2) is 7.25. The third kappa shape index (κ3) is 3.75. The van der Waals surface area contributed by atoms with Gasteiger partial charge >= 0.3 is 0 Å². The molecular formula is C18H22N2O2. The average molecular weight is 298 g/mol. The first-order valence-electron chi connectivity index (χ1n) is 8.06. The van der Waals surface area contributed by atoms with E-state index in [0.717, 1.165) is 17.4 Å². The summed E-state index contributed by atoms with van der Waals surface area (Å²) in [5.41, 5.74) is 0.796. The second-order valence-corrected chi connectivity index (χ2v) is 5.93. The predicted octanol–water partition coefficient (Wildman–Crippen LogP) is 3.31. The van der Waals surface area contributed by atoms with Crippen molar-refractivity contribution in [2.75, 3.05) is 13.2 Å².